The van der Waals surface area contributed by atoms with Gasteiger partial charge in [-0.3, -0.25) is 10.1 Å². The minimum absolute atomic E-state index is 0.106. The second-order valence-corrected chi connectivity index (χ2v) is 6.55. The van der Waals surface area contributed by atoms with Crippen molar-refractivity contribution in [2.24, 2.45) is 11.1 Å². The molecule has 0 aromatic heterocycles. The van der Waals surface area contributed by atoms with Crippen LogP contribution in [0, 0.1) is 16.0 Å². The summed E-state index contributed by atoms with van der Waals surface area (Å²) in [5, 5.41) is 19.0. The molecule has 3 N–H and O–H groups in total. The molecule has 0 heterocycles. The summed E-state index contributed by atoms with van der Waals surface area (Å²) in [5.41, 5.74) is 0.0536. The minimum atomic E-state index is -3.91. The maximum absolute atomic E-state index is 11.5. The summed E-state index contributed by atoms with van der Waals surface area (Å²) < 4.78 is 23.0. The Bertz CT molecular complexity index is 630. The fourth-order valence-corrected chi connectivity index (χ4v) is 2.99. The Morgan fingerprint density at radius 3 is 2.75 bits per heavy atom. The highest BCUT2D eigenvalue weighted by Gasteiger charge is 2.37. The number of nitrogens with one attached hydrogen (secondary N) is 1. The van der Waals surface area contributed by atoms with Gasteiger partial charge in [0.25, 0.3) is 5.69 Å². The quantitative estimate of drug-likeness (QED) is 0.614. The van der Waals surface area contributed by atoms with Crippen LogP contribution >= 0.6 is 0 Å². The van der Waals surface area contributed by atoms with E-state index in [0.717, 1.165) is 25.3 Å². The highest BCUT2D eigenvalue weighted by Crippen LogP contribution is 2.39. The predicted molar refractivity (Wildman–Crippen MR) is 74.9 cm³/mol. The number of sulfonamides is 1. The van der Waals surface area contributed by atoms with Gasteiger partial charge in [-0.05, 0) is 24.8 Å². The van der Waals surface area contributed by atoms with Crippen molar-refractivity contribution >= 4 is 21.4 Å². The van der Waals surface area contributed by atoms with E-state index in [-0.39, 0.29) is 22.3 Å². The molecule has 0 saturated heterocycles. The van der Waals surface area contributed by atoms with Gasteiger partial charge in [-0.2, -0.15) is 0 Å². The average molecular weight is 299 g/mol. The van der Waals surface area contributed by atoms with Gasteiger partial charge < -0.3 is 5.32 Å². The van der Waals surface area contributed by atoms with E-state index in [0.29, 0.717) is 5.92 Å². The van der Waals surface area contributed by atoms with E-state index in [1.165, 1.54) is 12.1 Å². The van der Waals surface area contributed by atoms with Crippen molar-refractivity contribution < 1.29 is 13.3 Å². The Hall–Kier alpha value is -1.67. The monoisotopic (exact) mass is 299 g/mol. The van der Waals surface area contributed by atoms with Crippen LogP contribution in [-0.4, -0.2) is 19.4 Å². The number of rotatable bonds is 6. The summed E-state index contributed by atoms with van der Waals surface area (Å²) in [6.45, 7) is 2.08. The van der Waals surface area contributed by atoms with E-state index in [9.17, 15) is 18.5 Å². The average Bonchev–Trinajstić information content (AvgIpc) is 3.06. The first-order valence-corrected chi connectivity index (χ1v) is 7.95. The zero-order valence-corrected chi connectivity index (χ0v) is 11.9. The van der Waals surface area contributed by atoms with Crippen LogP contribution in [0.4, 0.5) is 11.4 Å². The molecule has 2 atom stereocenters. The summed E-state index contributed by atoms with van der Waals surface area (Å²) >= 11 is 0. The molecule has 0 aliphatic heterocycles. The first-order valence-electron chi connectivity index (χ1n) is 6.40. The number of benzene rings is 1. The van der Waals surface area contributed by atoms with Gasteiger partial charge in [-0.1, -0.05) is 13.3 Å². The number of hydrogen-bond acceptors (Lipinski definition) is 5. The number of primary sulfonamides is 1. The Morgan fingerprint density at radius 1 is 1.50 bits per heavy atom. The van der Waals surface area contributed by atoms with E-state index in [4.69, 9.17) is 5.14 Å². The third-order valence-electron chi connectivity index (χ3n) is 3.40. The summed E-state index contributed by atoms with van der Waals surface area (Å²) in [7, 11) is -3.91. The Morgan fingerprint density at radius 2 is 2.20 bits per heavy atom. The minimum Gasteiger partial charge on any atom is -0.381 e. The second-order valence-electron chi connectivity index (χ2n) is 5.02. The van der Waals surface area contributed by atoms with Crippen LogP contribution in [0.25, 0.3) is 0 Å². The van der Waals surface area contributed by atoms with Gasteiger partial charge in [-0.15, -0.1) is 0 Å². The van der Waals surface area contributed by atoms with Crippen LogP contribution in [0.15, 0.2) is 23.1 Å². The molecule has 0 unspecified atom stereocenters. The number of nitro groups is 1. The van der Waals surface area contributed by atoms with Gasteiger partial charge in [0.15, 0.2) is 0 Å². The Labute approximate surface area is 117 Å². The normalized spacial score (nSPS) is 21.5. The number of nitrogens with two attached hydrogens (primary N) is 1. The largest absolute Gasteiger partial charge is 0.381 e. The molecule has 20 heavy (non-hydrogen) atoms. The van der Waals surface area contributed by atoms with E-state index < -0.39 is 14.9 Å². The van der Waals surface area contributed by atoms with Gasteiger partial charge in [0, 0.05) is 18.2 Å². The van der Waals surface area contributed by atoms with Crippen molar-refractivity contribution in [3.05, 3.63) is 28.3 Å². The van der Waals surface area contributed by atoms with E-state index in [1.54, 1.807) is 0 Å². The molecule has 1 saturated carbocycles. The third kappa shape index (κ3) is 3.26. The van der Waals surface area contributed by atoms with Crippen LogP contribution in [0.1, 0.15) is 26.2 Å². The number of non-ortho nitro benzene ring substituents is 1. The molecule has 2 rings (SSSR count). The smallest absolute Gasteiger partial charge is 0.271 e. The predicted octanol–water partition coefficient (Wildman–Crippen LogP) is 1.84. The number of hydrogen-bond donors (Lipinski definition) is 2. The fourth-order valence-electron chi connectivity index (χ4n) is 2.31. The van der Waals surface area contributed by atoms with E-state index in [2.05, 4.69) is 12.2 Å². The van der Waals surface area contributed by atoms with Crippen molar-refractivity contribution in [3.8, 4) is 0 Å². The molecule has 1 aromatic rings. The molecule has 1 aliphatic carbocycles. The van der Waals surface area contributed by atoms with Crippen molar-refractivity contribution in [1.29, 1.82) is 0 Å². The van der Waals surface area contributed by atoms with Crippen LogP contribution in [0.2, 0.25) is 0 Å². The maximum Gasteiger partial charge on any atom is 0.271 e. The second kappa shape index (κ2) is 5.37. The van der Waals surface area contributed by atoms with Crippen molar-refractivity contribution in [2.45, 2.75) is 37.1 Å². The van der Waals surface area contributed by atoms with Crippen LogP contribution < -0.4 is 10.5 Å². The molecule has 110 valence electrons. The van der Waals surface area contributed by atoms with E-state index in [1.807, 2.05) is 0 Å². The molecule has 7 nitrogen and oxygen atoms in total. The first kappa shape index (κ1) is 14.7. The van der Waals surface area contributed by atoms with Crippen molar-refractivity contribution in [3.63, 3.8) is 0 Å². The fraction of sp³-hybridized carbons (Fsp3) is 0.500. The molecule has 0 spiro atoms. The Kier molecular flexibility index (Phi) is 3.96. The molecular weight excluding hydrogens is 282 g/mol. The molecule has 8 heteroatoms. The molecule has 1 aliphatic rings. The summed E-state index contributed by atoms with van der Waals surface area (Å²) in [4.78, 5) is 10.1. The highest BCUT2D eigenvalue weighted by atomic mass is 32.2. The van der Waals surface area contributed by atoms with Crippen LogP contribution in [0.5, 0.6) is 0 Å². The number of nitrogens with zero attached hydrogens (tertiary/aromatic N) is 1. The van der Waals surface area contributed by atoms with Gasteiger partial charge in [-0.25, -0.2) is 13.6 Å². The number of nitro benzene ring substituents is 1. The third-order valence-corrected chi connectivity index (χ3v) is 4.37. The summed E-state index contributed by atoms with van der Waals surface area (Å²) in [6.07, 6.45) is 3.05. The summed E-state index contributed by atoms with van der Waals surface area (Å²) in [5.74, 6) is 0.493. The van der Waals surface area contributed by atoms with Gasteiger partial charge >= 0.3 is 0 Å². The van der Waals surface area contributed by atoms with Gasteiger partial charge in [0.05, 0.1) is 10.6 Å². The SMILES string of the molecule is CCC[C@@H]1C[C@H]1Nc1cc([N+](=O)[O-])ccc1S(N)(=O)=O. The molecule has 0 amide bonds. The lowest BCUT2D eigenvalue weighted by molar-refractivity contribution is -0.384. The highest BCUT2D eigenvalue weighted by molar-refractivity contribution is 7.89. The standard InChI is InChI=1S/C12H17N3O4S/c1-2-3-8-6-10(8)14-11-7-9(15(16)17)4-5-12(11)20(13,18)19/h4-5,7-8,10,14H,2-3,6H2,1H3,(H2,13,18,19)/t8-,10-/m1/s1. The lowest BCUT2D eigenvalue weighted by Crippen LogP contribution is -2.16. The zero-order chi connectivity index (χ0) is 14.9. The van der Waals surface area contributed by atoms with Crippen molar-refractivity contribution in [1.82, 2.24) is 0 Å². The molecule has 1 aromatic carbocycles. The lowest BCUT2D eigenvalue weighted by Gasteiger charge is -2.10. The summed E-state index contributed by atoms with van der Waals surface area (Å²) in [6, 6.07) is 3.70. The van der Waals surface area contributed by atoms with Gasteiger partial charge in [0.1, 0.15) is 4.90 Å². The maximum atomic E-state index is 11.5. The van der Waals surface area contributed by atoms with Crippen LogP contribution in [0.3, 0.4) is 0 Å². The van der Waals surface area contributed by atoms with Crippen LogP contribution in [-0.2, 0) is 10.0 Å². The molecule has 0 bridgehead atoms. The lowest BCUT2D eigenvalue weighted by atomic mass is 10.2. The van der Waals surface area contributed by atoms with Crippen molar-refractivity contribution in [2.75, 3.05) is 5.32 Å². The van der Waals surface area contributed by atoms with E-state index >= 15 is 0 Å². The zero-order valence-electron chi connectivity index (χ0n) is 11.1. The Balaban J connectivity index is 2.28. The molecular formula is C12H17N3O4S. The molecule has 0 radical (unpaired) electrons. The molecule has 1 fully saturated rings. The van der Waals surface area contributed by atoms with Gasteiger partial charge in [0.2, 0.25) is 10.0 Å². The first-order chi connectivity index (χ1) is 9.32. The topological polar surface area (TPSA) is 115 Å². The number of anilines is 1.